The third-order valence-corrected chi connectivity index (χ3v) is 12.6. The first kappa shape index (κ1) is 40.0. The molecule has 296 valence electrons. The molecule has 7 N–H and O–H groups in total. The predicted molar refractivity (Wildman–Crippen MR) is 218 cm³/mol. The number of unbranched alkanes of at least 4 members (excludes halogenated alkanes) is 4. The van der Waals surface area contributed by atoms with Crippen LogP contribution in [0.3, 0.4) is 0 Å². The van der Waals surface area contributed by atoms with E-state index in [-0.39, 0.29) is 17.6 Å². The number of benzene rings is 2. The summed E-state index contributed by atoms with van der Waals surface area (Å²) in [5, 5.41) is 22.8. The van der Waals surface area contributed by atoms with Crippen molar-refractivity contribution in [1.82, 2.24) is 0 Å². The first-order valence-corrected chi connectivity index (χ1v) is 21.1. The number of ether oxygens (including phenoxy) is 2. The molecule has 1 fully saturated rings. The van der Waals surface area contributed by atoms with Gasteiger partial charge in [-0.15, -0.1) is 0 Å². The molecule has 2 bridgehead atoms. The zero-order valence-electron chi connectivity index (χ0n) is 33.1. The highest BCUT2D eigenvalue weighted by molar-refractivity contribution is 5.87. The van der Waals surface area contributed by atoms with Crippen molar-refractivity contribution in [2.45, 2.75) is 135 Å². The minimum atomic E-state index is -1.05. The highest BCUT2D eigenvalue weighted by Gasteiger charge is 2.51. The van der Waals surface area contributed by atoms with Crippen LogP contribution in [0.4, 0.5) is 0 Å². The number of carbonyl (C=O) groups excluding carboxylic acids is 1. The number of hydrogen-bond donors (Lipinski definition) is 5. The number of hydrogen-bond acceptors (Lipinski definition) is 8. The number of nitrogens with two attached hydrogens (primary N) is 2. The van der Waals surface area contributed by atoms with Crippen molar-refractivity contribution in [2.24, 2.45) is 33.7 Å². The van der Waals surface area contributed by atoms with Gasteiger partial charge < -0.3 is 31.2 Å². The van der Waals surface area contributed by atoms with E-state index in [0.717, 1.165) is 115 Å². The van der Waals surface area contributed by atoms with Crippen LogP contribution in [-0.4, -0.2) is 41.1 Å². The maximum absolute atomic E-state index is 13.7. The molecule has 6 unspecified atom stereocenters. The molecule has 0 saturated heterocycles. The Labute approximate surface area is 332 Å². The first-order chi connectivity index (χ1) is 27.2. The van der Waals surface area contributed by atoms with Gasteiger partial charge in [-0.1, -0.05) is 107 Å². The minimum Gasteiger partial charge on any atom is -0.437 e. The van der Waals surface area contributed by atoms with Crippen molar-refractivity contribution < 1.29 is 29.4 Å². The van der Waals surface area contributed by atoms with E-state index in [0.29, 0.717) is 43.7 Å². The Bertz CT molecular complexity index is 1990. The van der Waals surface area contributed by atoms with E-state index in [1.54, 1.807) is 0 Å². The number of Topliss-reactive ketones (excluding diaryl/α,β-unsaturated/α-hetero) is 1. The van der Waals surface area contributed by atoms with Gasteiger partial charge in [0.15, 0.2) is 11.5 Å². The molecule has 5 aliphatic rings. The van der Waals surface area contributed by atoms with E-state index < -0.39 is 30.0 Å². The van der Waals surface area contributed by atoms with Crippen molar-refractivity contribution in [1.29, 1.82) is 0 Å². The summed E-state index contributed by atoms with van der Waals surface area (Å²) in [4.78, 5) is 19.7. The average molecular weight is 760 g/mol. The number of ketones is 1. The molecule has 1 spiro atoms. The number of aliphatic hydroxyl groups excluding tert-OH is 2. The quantitative estimate of drug-likeness (QED) is 0.0918. The fourth-order valence-electron chi connectivity index (χ4n) is 9.29. The van der Waals surface area contributed by atoms with E-state index in [1.807, 2.05) is 42.6 Å². The molecular formula is C47H59N4O5+. The SMILES string of the molecule is CCCCCC(O)C(CCCCC)C(=O)CCc1ccc2c(c1)OC1C(C#CC(O)c3ccc(C(N)N)cc3CC3=C4C[NH+]1C=C4N=C3)C1(C#CO2)CCCC1. The van der Waals surface area contributed by atoms with Gasteiger partial charge in [-0.25, -0.2) is 0 Å². The van der Waals surface area contributed by atoms with Gasteiger partial charge in [-0.2, -0.15) is 0 Å². The van der Waals surface area contributed by atoms with Gasteiger partial charge in [0.2, 0.25) is 0 Å². The minimum absolute atomic E-state index is 0.126. The lowest BCUT2D eigenvalue weighted by molar-refractivity contribution is -0.891. The third kappa shape index (κ3) is 8.69. The van der Waals surface area contributed by atoms with Crippen molar-refractivity contribution in [3.63, 3.8) is 0 Å². The standard InChI is InChI=1S/C47H58N4O5/c1-3-5-7-11-36(40(52)12-8-6-4-2)42(54)18-13-31-14-20-43-44(25-31)56-46-38(47(23-24-55-43)21-9-10-22-47)17-19-41(53)35-16-15-32(45(48)49)26-33(35)27-34-28-50-39-30-51(46)29-37(34)39/h14-16,20,25-26,28,30,36,38,40-41,45-46,52-53H,3-13,18,21-22,27,29,48-49H2,1-2H3/p+1. The number of aliphatic hydroxyl groups is 2. The van der Waals surface area contributed by atoms with Crippen LogP contribution >= 0.6 is 0 Å². The Morgan fingerprint density at radius 3 is 2.57 bits per heavy atom. The van der Waals surface area contributed by atoms with Crippen molar-refractivity contribution in [3.05, 3.63) is 81.7 Å². The molecular weight excluding hydrogens is 701 g/mol. The maximum Gasteiger partial charge on any atom is 0.252 e. The van der Waals surface area contributed by atoms with Gasteiger partial charge in [-0.05, 0) is 78.5 Å². The molecule has 6 atom stereocenters. The van der Waals surface area contributed by atoms with Gasteiger partial charge >= 0.3 is 0 Å². The highest BCUT2D eigenvalue weighted by atomic mass is 16.5. The Morgan fingerprint density at radius 2 is 1.80 bits per heavy atom. The van der Waals surface area contributed by atoms with Crippen LogP contribution in [0.5, 0.6) is 11.5 Å². The smallest absolute Gasteiger partial charge is 0.252 e. The zero-order chi connectivity index (χ0) is 39.2. The Morgan fingerprint density at radius 1 is 1.02 bits per heavy atom. The van der Waals surface area contributed by atoms with E-state index in [2.05, 4.69) is 43.9 Å². The van der Waals surface area contributed by atoms with E-state index in [9.17, 15) is 15.0 Å². The maximum atomic E-state index is 13.7. The molecule has 0 amide bonds. The molecule has 1 aliphatic carbocycles. The van der Waals surface area contributed by atoms with Crippen LogP contribution in [0.15, 0.2) is 64.4 Å². The summed E-state index contributed by atoms with van der Waals surface area (Å²) in [6, 6.07) is 11.6. The van der Waals surface area contributed by atoms with Crippen LogP contribution in [0.2, 0.25) is 0 Å². The molecule has 2 aromatic rings. The highest BCUT2D eigenvalue weighted by Crippen LogP contribution is 2.47. The van der Waals surface area contributed by atoms with E-state index in [4.69, 9.17) is 25.9 Å². The summed E-state index contributed by atoms with van der Waals surface area (Å²) in [7, 11) is 0. The van der Waals surface area contributed by atoms with E-state index >= 15 is 0 Å². The van der Waals surface area contributed by atoms with Crippen LogP contribution < -0.4 is 25.8 Å². The summed E-state index contributed by atoms with van der Waals surface area (Å²) < 4.78 is 13.3. The molecule has 4 aliphatic heterocycles. The molecule has 0 aromatic heterocycles. The molecule has 9 nitrogen and oxygen atoms in total. The van der Waals surface area contributed by atoms with E-state index in [1.165, 1.54) is 0 Å². The number of nitrogens with zero attached hydrogens (tertiary/aromatic N) is 1. The monoisotopic (exact) mass is 759 g/mol. The van der Waals surface area contributed by atoms with Gasteiger partial charge in [0.05, 0.1) is 17.7 Å². The first-order valence-electron chi connectivity index (χ1n) is 21.1. The number of allylic oxidation sites excluding steroid dienone is 1. The topological polar surface area (TPSA) is 145 Å². The number of rotatable bonds is 14. The van der Waals surface area contributed by atoms with Crippen LogP contribution in [-0.2, 0) is 17.6 Å². The lowest BCUT2D eigenvalue weighted by Gasteiger charge is -2.36. The second-order valence-electron chi connectivity index (χ2n) is 16.5. The van der Waals surface area contributed by atoms with Gasteiger partial charge in [0.25, 0.3) is 6.23 Å². The molecule has 9 heteroatoms. The summed E-state index contributed by atoms with van der Waals surface area (Å²) in [5.74, 6) is 10.9. The van der Waals surface area contributed by atoms with Crippen LogP contribution in [0, 0.1) is 41.1 Å². The number of carbonyl (C=O) groups is 1. The predicted octanol–water partition coefficient (Wildman–Crippen LogP) is 5.89. The van der Waals surface area contributed by atoms with Crippen molar-refractivity contribution in [3.8, 4) is 35.4 Å². The average Bonchev–Trinajstić information content (AvgIpc) is 3.94. The van der Waals surface area contributed by atoms with Gasteiger partial charge in [-0.3, -0.25) is 14.7 Å². The second kappa shape index (κ2) is 17.9. The molecule has 2 aromatic carbocycles. The van der Waals surface area contributed by atoms with Crippen molar-refractivity contribution in [2.75, 3.05) is 6.54 Å². The zero-order valence-corrected chi connectivity index (χ0v) is 33.1. The lowest BCUT2D eigenvalue weighted by Crippen LogP contribution is -3.12. The van der Waals surface area contributed by atoms with Gasteiger partial charge in [0.1, 0.15) is 42.4 Å². The number of fused-ring (bicyclic) bond motifs is 6. The third-order valence-electron chi connectivity index (χ3n) is 12.6. The largest absolute Gasteiger partial charge is 0.437 e. The molecule has 1 saturated carbocycles. The summed E-state index contributed by atoms with van der Waals surface area (Å²) in [6.45, 7) is 4.97. The number of aryl methyl sites for hydroxylation is 1. The number of aliphatic imine (C=N–C) groups is 1. The van der Waals surface area contributed by atoms with Crippen LogP contribution in [0.25, 0.3) is 0 Å². The Balaban J connectivity index is 1.22. The fraction of sp³-hybridized carbons (Fsp3) is 0.532. The number of quaternary nitrogens is 1. The van der Waals surface area contributed by atoms with Crippen LogP contribution in [0.1, 0.15) is 132 Å². The molecule has 56 heavy (non-hydrogen) atoms. The fourth-order valence-corrected chi connectivity index (χ4v) is 9.29. The second-order valence-corrected chi connectivity index (χ2v) is 16.5. The van der Waals surface area contributed by atoms with Gasteiger partial charge in [0, 0.05) is 24.1 Å². The van der Waals surface area contributed by atoms with Crippen molar-refractivity contribution >= 4 is 12.0 Å². The summed E-state index contributed by atoms with van der Waals surface area (Å²) in [5.41, 5.74) is 18.2. The Kier molecular flexibility index (Phi) is 12.8. The molecule has 7 rings (SSSR count). The summed E-state index contributed by atoms with van der Waals surface area (Å²) in [6.07, 6.45) is 17.1. The normalized spacial score (nSPS) is 23.9. The molecule has 0 radical (unpaired) electrons. The lowest BCUT2D eigenvalue weighted by atomic mass is 9.73. The number of nitrogens with one attached hydrogen (secondary N) is 1. The molecule has 4 heterocycles. The Hall–Kier alpha value is -4.22. The summed E-state index contributed by atoms with van der Waals surface area (Å²) >= 11 is 0.